The number of likely N-dealkylation sites (tertiary alicyclic amines) is 1. The van der Waals surface area contributed by atoms with Gasteiger partial charge in [0.1, 0.15) is 5.60 Å². The Labute approximate surface area is 118 Å². The van der Waals surface area contributed by atoms with E-state index in [9.17, 15) is 4.79 Å². The smallest absolute Gasteiger partial charge is 0.410 e. The van der Waals surface area contributed by atoms with Crippen LogP contribution in [0.15, 0.2) is 6.20 Å². The summed E-state index contributed by atoms with van der Waals surface area (Å²) in [5.41, 5.74) is 1.60. The van der Waals surface area contributed by atoms with Gasteiger partial charge in [0.05, 0.1) is 30.5 Å². The van der Waals surface area contributed by atoms with Gasteiger partial charge in [-0.25, -0.2) is 4.79 Å². The third-order valence-electron chi connectivity index (χ3n) is 3.89. The summed E-state index contributed by atoms with van der Waals surface area (Å²) < 4.78 is 11.1. The molecule has 20 heavy (non-hydrogen) atoms. The predicted octanol–water partition coefficient (Wildman–Crippen LogP) is 1.82. The van der Waals surface area contributed by atoms with Crippen molar-refractivity contribution in [2.24, 2.45) is 0 Å². The number of hydrogen-bond acceptors (Lipinski definition) is 4. The number of H-pyrrole nitrogens is 1. The maximum absolute atomic E-state index is 12.2. The average Bonchev–Trinajstić information content (AvgIpc) is 2.95. The Morgan fingerprint density at radius 1 is 1.55 bits per heavy atom. The number of carbonyl (C=O) groups is 1. The highest BCUT2D eigenvalue weighted by Crippen LogP contribution is 2.39. The van der Waals surface area contributed by atoms with Crippen molar-refractivity contribution in [3.8, 4) is 0 Å². The Bertz CT molecular complexity index is 520. The van der Waals surface area contributed by atoms with E-state index in [-0.39, 0.29) is 11.5 Å². The van der Waals surface area contributed by atoms with Crippen LogP contribution >= 0.6 is 0 Å². The van der Waals surface area contributed by atoms with Gasteiger partial charge in [-0.1, -0.05) is 0 Å². The van der Waals surface area contributed by atoms with Crippen molar-refractivity contribution in [2.45, 2.75) is 44.8 Å². The van der Waals surface area contributed by atoms with Crippen LogP contribution in [0.4, 0.5) is 4.79 Å². The molecule has 1 aromatic rings. The zero-order chi connectivity index (χ0) is 14.4. The van der Waals surface area contributed by atoms with Gasteiger partial charge in [-0.05, 0) is 27.2 Å². The first-order valence-corrected chi connectivity index (χ1v) is 6.98. The molecule has 0 saturated carbocycles. The van der Waals surface area contributed by atoms with Gasteiger partial charge in [-0.2, -0.15) is 5.10 Å². The lowest BCUT2D eigenvalue weighted by molar-refractivity contribution is 0.0227. The van der Waals surface area contributed by atoms with Crippen LogP contribution < -0.4 is 0 Å². The fraction of sp³-hybridized carbons (Fsp3) is 0.714. The topological polar surface area (TPSA) is 67.4 Å². The van der Waals surface area contributed by atoms with Crippen LogP contribution in [0.25, 0.3) is 0 Å². The lowest BCUT2D eigenvalue weighted by Gasteiger charge is -2.33. The molecule has 1 N–H and O–H groups in total. The van der Waals surface area contributed by atoms with Gasteiger partial charge in [0.2, 0.25) is 0 Å². The highest BCUT2D eigenvalue weighted by Gasteiger charge is 2.46. The standard InChI is InChI=1S/C14H21N3O3/c1-13(2,3)20-12(18)17-5-4-14(8-17)9-19-7-10-6-15-16-11(10)14/h6H,4-5,7-9H2,1-3H3,(H,15,16). The molecule has 3 rings (SSSR count). The molecule has 0 radical (unpaired) electrons. The number of amides is 1. The Morgan fingerprint density at radius 3 is 3.10 bits per heavy atom. The van der Waals surface area contributed by atoms with Crippen LogP contribution in [-0.4, -0.2) is 46.5 Å². The molecular formula is C14H21N3O3. The van der Waals surface area contributed by atoms with Crippen LogP contribution in [-0.2, 0) is 21.5 Å². The summed E-state index contributed by atoms with van der Waals surface area (Å²) in [4.78, 5) is 13.9. The predicted molar refractivity (Wildman–Crippen MR) is 72.3 cm³/mol. The molecule has 6 heteroatoms. The van der Waals surface area contributed by atoms with E-state index in [0.29, 0.717) is 26.3 Å². The first kappa shape index (κ1) is 13.4. The van der Waals surface area contributed by atoms with Crippen LogP contribution in [0, 0.1) is 0 Å². The monoisotopic (exact) mass is 279 g/mol. The second-order valence-corrected chi connectivity index (χ2v) is 6.70. The van der Waals surface area contributed by atoms with Crippen molar-refractivity contribution < 1.29 is 14.3 Å². The van der Waals surface area contributed by atoms with E-state index < -0.39 is 5.60 Å². The Morgan fingerprint density at radius 2 is 2.35 bits per heavy atom. The largest absolute Gasteiger partial charge is 0.444 e. The molecule has 3 heterocycles. The van der Waals surface area contributed by atoms with E-state index in [1.807, 2.05) is 27.0 Å². The summed E-state index contributed by atoms with van der Waals surface area (Å²) in [6, 6.07) is 0. The van der Waals surface area contributed by atoms with Crippen LogP contribution in [0.5, 0.6) is 0 Å². The highest BCUT2D eigenvalue weighted by atomic mass is 16.6. The Balaban J connectivity index is 1.76. The number of carbonyl (C=O) groups excluding carboxylic acids is 1. The van der Waals surface area contributed by atoms with E-state index in [0.717, 1.165) is 17.7 Å². The quantitative estimate of drug-likeness (QED) is 0.786. The van der Waals surface area contributed by atoms with E-state index in [1.165, 1.54) is 0 Å². The molecule has 1 amide bonds. The van der Waals surface area contributed by atoms with E-state index in [2.05, 4.69) is 10.2 Å². The van der Waals surface area contributed by atoms with Gasteiger partial charge < -0.3 is 14.4 Å². The number of fused-ring (bicyclic) bond motifs is 2. The summed E-state index contributed by atoms with van der Waals surface area (Å²) in [5, 5.41) is 7.20. The number of aromatic amines is 1. The lowest BCUT2D eigenvalue weighted by Crippen LogP contribution is -2.42. The second kappa shape index (κ2) is 4.48. The molecule has 1 spiro atoms. The molecule has 0 aromatic carbocycles. The van der Waals surface area contributed by atoms with Crippen LogP contribution in [0.2, 0.25) is 0 Å². The zero-order valence-electron chi connectivity index (χ0n) is 12.2. The maximum atomic E-state index is 12.2. The third kappa shape index (κ3) is 2.28. The van der Waals surface area contributed by atoms with E-state index >= 15 is 0 Å². The van der Waals surface area contributed by atoms with Gasteiger partial charge in [0, 0.05) is 18.7 Å². The molecule has 0 bridgehead atoms. The van der Waals surface area contributed by atoms with Crippen molar-refractivity contribution in [1.82, 2.24) is 15.1 Å². The van der Waals surface area contributed by atoms with Gasteiger partial charge in [-0.15, -0.1) is 0 Å². The minimum absolute atomic E-state index is 0.152. The van der Waals surface area contributed by atoms with Crippen molar-refractivity contribution in [3.05, 3.63) is 17.5 Å². The number of nitrogens with zero attached hydrogens (tertiary/aromatic N) is 2. The van der Waals surface area contributed by atoms with Gasteiger partial charge in [-0.3, -0.25) is 5.10 Å². The lowest BCUT2D eigenvalue weighted by atomic mass is 9.81. The van der Waals surface area contributed by atoms with Crippen LogP contribution in [0.3, 0.4) is 0 Å². The minimum Gasteiger partial charge on any atom is -0.444 e. The average molecular weight is 279 g/mol. The number of nitrogens with one attached hydrogen (secondary N) is 1. The molecule has 1 fully saturated rings. The van der Waals surface area contributed by atoms with Crippen molar-refractivity contribution >= 4 is 6.09 Å². The van der Waals surface area contributed by atoms with E-state index in [4.69, 9.17) is 9.47 Å². The summed E-state index contributed by atoms with van der Waals surface area (Å²) in [6.45, 7) is 8.18. The number of hydrogen-bond donors (Lipinski definition) is 1. The molecule has 1 unspecified atom stereocenters. The zero-order valence-corrected chi connectivity index (χ0v) is 12.2. The summed E-state index contributed by atoms with van der Waals surface area (Å²) in [5.74, 6) is 0. The van der Waals surface area contributed by atoms with Gasteiger partial charge in [0.15, 0.2) is 0 Å². The Hall–Kier alpha value is -1.56. The third-order valence-corrected chi connectivity index (χ3v) is 3.89. The molecule has 1 aromatic heterocycles. The fourth-order valence-electron chi connectivity index (χ4n) is 2.98. The molecule has 110 valence electrons. The van der Waals surface area contributed by atoms with Crippen LogP contribution in [0.1, 0.15) is 38.4 Å². The highest BCUT2D eigenvalue weighted by molar-refractivity contribution is 5.69. The number of rotatable bonds is 0. The fourth-order valence-corrected chi connectivity index (χ4v) is 2.98. The first-order valence-electron chi connectivity index (χ1n) is 6.98. The molecule has 1 saturated heterocycles. The summed E-state index contributed by atoms with van der Waals surface area (Å²) >= 11 is 0. The second-order valence-electron chi connectivity index (χ2n) is 6.70. The molecule has 2 aliphatic rings. The van der Waals surface area contributed by atoms with Gasteiger partial charge >= 0.3 is 6.09 Å². The molecule has 0 aliphatic carbocycles. The van der Waals surface area contributed by atoms with E-state index in [1.54, 1.807) is 4.90 Å². The van der Waals surface area contributed by atoms with Crippen molar-refractivity contribution in [3.63, 3.8) is 0 Å². The van der Waals surface area contributed by atoms with Crippen molar-refractivity contribution in [2.75, 3.05) is 19.7 Å². The SMILES string of the molecule is CC(C)(C)OC(=O)N1CCC2(COCc3cn[nH]c32)C1. The normalized spacial score (nSPS) is 25.9. The molecule has 1 atom stereocenters. The summed E-state index contributed by atoms with van der Waals surface area (Å²) in [6.07, 6.45) is 2.44. The molecular weight excluding hydrogens is 258 g/mol. The summed E-state index contributed by atoms with van der Waals surface area (Å²) in [7, 11) is 0. The van der Waals surface area contributed by atoms with Crippen molar-refractivity contribution in [1.29, 1.82) is 0 Å². The Kier molecular flexibility index (Phi) is 3.01. The number of ether oxygens (including phenoxy) is 2. The first-order chi connectivity index (χ1) is 9.40. The maximum Gasteiger partial charge on any atom is 0.410 e. The molecule has 2 aliphatic heterocycles. The minimum atomic E-state index is -0.463. The molecule has 6 nitrogen and oxygen atoms in total. The number of aromatic nitrogens is 2. The van der Waals surface area contributed by atoms with Gasteiger partial charge in [0.25, 0.3) is 0 Å².